The van der Waals surface area contributed by atoms with Gasteiger partial charge in [0.05, 0.1) is 18.4 Å². The van der Waals surface area contributed by atoms with Crippen molar-refractivity contribution in [2.75, 3.05) is 7.11 Å². The summed E-state index contributed by atoms with van der Waals surface area (Å²) in [6, 6.07) is 1.10. The molecule has 1 heterocycles. The number of ether oxygens (including phenoxy) is 1. The average molecular weight is 201 g/mol. The highest BCUT2D eigenvalue weighted by Gasteiger charge is 2.15. The van der Waals surface area contributed by atoms with Crippen LogP contribution < -0.4 is 4.74 Å². The standard InChI is InChI=1S/C9H9F2NO2/c1-5-7(8(10)11)3-6(4-13)9(12-5)14-2/h3-4,8H,1-2H3. The average Bonchev–Trinajstić information content (AvgIpc) is 2.16. The molecule has 0 fully saturated rings. The van der Waals surface area contributed by atoms with E-state index in [1.165, 1.54) is 14.0 Å². The Bertz CT molecular complexity index is 353. The molecule has 0 saturated carbocycles. The van der Waals surface area contributed by atoms with Crippen LogP contribution in [-0.2, 0) is 0 Å². The summed E-state index contributed by atoms with van der Waals surface area (Å²) < 4.78 is 29.5. The smallest absolute Gasteiger partial charge is 0.265 e. The lowest BCUT2D eigenvalue weighted by Crippen LogP contribution is -2.00. The highest BCUT2D eigenvalue weighted by atomic mass is 19.3. The second kappa shape index (κ2) is 4.13. The summed E-state index contributed by atoms with van der Waals surface area (Å²) in [6.45, 7) is 1.44. The molecule has 5 heteroatoms. The van der Waals surface area contributed by atoms with E-state index in [1.54, 1.807) is 0 Å². The van der Waals surface area contributed by atoms with Gasteiger partial charge < -0.3 is 4.74 Å². The minimum Gasteiger partial charge on any atom is -0.480 e. The normalized spacial score (nSPS) is 10.4. The van der Waals surface area contributed by atoms with Gasteiger partial charge in [0.1, 0.15) is 0 Å². The first-order chi connectivity index (χ1) is 6.60. The fourth-order valence-electron chi connectivity index (χ4n) is 1.08. The van der Waals surface area contributed by atoms with Gasteiger partial charge in [0.25, 0.3) is 6.43 Å². The fourth-order valence-corrected chi connectivity index (χ4v) is 1.08. The molecule has 0 aliphatic rings. The molecule has 3 nitrogen and oxygen atoms in total. The number of halogens is 2. The number of aryl methyl sites for hydroxylation is 1. The van der Waals surface area contributed by atoms with E-state index in [0.29, 0.717) is 6.29 Å². The molecule has 0 aliphatic carbocycles. The summed E-state index contributed by atoms with van der Waals surface area (Å²) in [4.78, 5) is 14.3. The number of aromatic nitrogens is 1. The Morgan fingerprint density at radius 3 is 2.64 bits per heavy atom. The van der Waals surface area contributed by atoms with Crippen LogP contribution in [0.2, 0.25) is 0 Å². The molecule has 0 atom stereocenters. The van der Waals surface area contributed by atoms with E-state index in [2.05, 4.69) is 4.98 Å². The quantitative estimate of drug-likeness (QED) is 0.703. The number of carbonyl (C=O) groups is 1. The molecule has 0 unspecified atom stereocenters. The third-order valence-electron chi connectivity index (χ3n) is 1.80. The van der Waals surface area contributed by atoms with Gasteiger partial charge in [-0.15, -0.1) is 0 Å². The second-order valence-electron chi connectivity index (χ2n) is 2.68. The van der Waals surface area contributed by atoms with Crippen molar-refractivity contribution in [2.24, 2.45) is 0 Å². The van der Waals surface area contributed by atoms with Crippen molar-refractivity contribution in [1.82, 2.24) is 4.98 Å². The van der Waals surface area contributed by atoms with Gasteiger partial charge in [0.15, 0.2) is 6.29 Å². The lowest BCUT2D eigenvalue weighted by Gasteiger charge is -2.08. The fraction of sp³-hybridized carbons (Fsp3) is 0.333. The number of hydrogen-bond donors (Lipinski definition) is 0. The summed E-state index contributed by atoms with van der Waals surface area (Å²) in [7, 11) is 1.33. The lowest BCUT2D eigenvalue weighted by molar-refractivity contribution is 0.111. The van der Waals surface area contributed by atoms with Crippen molar-refractivity contribution in [2.45, 2.75) is 13.3 Å². The molecule has 14 heavy (non-hydrogen) atoms. The molecule has 0 spiro atoms. The third kappa shape index (κ3) is 1.86. The summed E-state index contributed by atoms with van der Waals surface area (Å²) in [6.07, 6.45) is -2.19. The van der Waals surface area contributed by atoms with E-state index >= 15 is 0 Å². The lowest BCUT2D eigenvalue weighted by atomic mass is 10.1. The van der Waals surface area contributed by atoms with Gasteiger partial charge in [-0.25, -0.2) is 13.8 Å². The monoisotopic (exact) mass is 201 g/mol. The molecule has 1 aromatic heterocycles. The minimum absolute atomic E-state index is 0.0356. The van der Waals surface area contributed by atoms with Gasteiger partial charge in [0, 0.05) is 5.56 Å². The van der Waals surface area contributed by atoms with Gasteiger partial charge in [0.2, 0.25) is 5.88 Å². The largest absolute Gasteiger partial charge is 0.480 e. The molecular formula is C9H9F2NO2. The number of hydrogen-bond acceptors (Lipinski definition) is 3. The van der Waals surface area contributed by atoms with Crippen LogP contribution in [0, 0.1) is 6.92 Å². The molecule has 0 aliphatic heterocycles. The predicted octanol–water partition coefficient (Wildman–Crippen LogP) is 2.15. The van der Waals surface area contributed by atoms with Crippen LogP contribution in [0.4, 0.5) is 8.78 Å². The van der Waals surface area contributed by atoms with Gasteiger partial charge in [-0.05, 0) is 13.0 Å². The van der Waals surface area contributed by atoms with E-state index in [4.69, 9.17) is 4.74 Å². The van der Waals surface area contributed by atoms with E-state index < -0.39 is 6.43 Å². The van der Waals surface area contributed by atoms with Crippen molar-refractivity contribution >= 4 is 6.29 Å². The first-order valence-corrected chi connectivity index (χ1v) is 3.89. The number of aldehydes is 1. The van der Waals surface area contributed by atoms with Crippen molar-refractivity contribution < 1.29 is 18.3 Å². The topological polar surface area (TPSA) is 39.2 Å². The molecular weight excluding hydrogens is 192 g/mol. The van der Waals surface area contributed by atoms with E-state index in [-0.39, 0.29) is 22.7 Å². The first-order valence-electron chi connectivity index (χ1n) is 3.89. The zero-order valence-electron chi connectivity index (χ0n) is 7.75. The Kier molecular flexibility index (Phi) is 3.11. The van der Waals surface area contributed by atoms with Gasteiger partial charge in [-0.2, -0.15) is 0 Å². The Balaban J connectivity index is 3.30. The van der Waals surface area contributed by atoms with Gasteiger partial charge >= 0.3 is 0 Å². The predicted molar refractivity (Wildman–Crippen MR) is 45.9 cm³/mol. The van der Waals surface area contributed by atoms with Crippen LogP contribution >= 0.6 is 0 Å². The first kappa shape index (κ1) is 10.6. The Hall–Kier alpha value is -1.52. The number of methoxy groups -OCH3 is 1. The number of alkyl halides is 2. The summed E-state index contributed by atoms with van der Waals surface area (Å²) in [5.41, 5.74) is -0.0382. The van der Waals surface area contributed by atoms with Gasteiger partial charge in [-0.1, -0.05) is 0 Å². The summed E-state index contributed by atoms with van der Waals surface area (Å²) in [5.74, 6) is 0.0712. The SMILES string of the molecule is COc1nc(C)c(C(F)F)cc1C=O. The molecule has 0 N–H and O–H groups in total. The number of rotatable bonds is 3. The summed E-state index contributed by atoms with van der Waals surface area (Å²) in [5, 5.41) is 0. The molecule has 76 valence electrons. The zero-order valence-corrected chi connectivity index (χ0v) is 7.75. The van der Waals surface area contributed by atoms with Crippen molar-refractivity contribution in [3.63, 3.8) is 0 Å². The minimum atomic E-state index is -2.63. The van der Waals surface area contributed by atoms with E-state index in [1.807, 2.05) is 0 Å². The molecule has 1 rings (SSSR count). The molecule has 0 bridgehead atoms. The van der Waals surface area contributed by atoms with Crippen LogP contribution in [0.5, 0.6) is 5.88 Å². The van der Waals surface area contributed by atoms with Crippen molar-refractivity contribution in [1.29, 1.82) is 0 Å². The van der Waals surface area contributed by atoms with Crippen molar-refractivity contribution in [3.05, 3.63) is 22.9 Å². The molecule has 0 aromatic carbocycles. The van der Waals surface area contributed by atoms with Crippen LogP contribution in [0.1, 0.15) is 28.0 Å². The third-order valence-corrected chi connectivity index (χ3v) is 1.80. The maximum Gasteiger partial charge on any atom is 0.265 e. The van der Waals surface area contributed by atoms with E-state index in [9.17, 15) is 13.6 Å². The van der Waals surface area contributed by atoms with Crippen LogP contribution in [0.25, 0.3) is 0 Å². The molecule has 0 radical (unpaired) electrons. The molecule has 1 aromatic rings. The number of pyridine rings is 1. The number of nitrogens with zero attached hydrogens (tertiary/aromatic N) is 1. The highest BCUT2D eigenvalue weighted by Crippen LogP contribution is 2.25. The second-order valence-corrected chi connectivity index (χ2v) is 2.68. The van der Waals surface area contributed by atoms with Gasteiger partial charge in [-0.3, -0.25) is 4.79 Å². The Morgan fingerprint density at radius 2 is 2.21 bits per heavy atom. The summed E-state index contributed by atoms with van der Waals surface area (Å²) >= 11 is 0. The Morgan fingerprint density at radius 1 is 1.57 bits per heavy atom. The van der Waals surface area contributed by atoms with Crippen LogP contribution in [0.15, 0.2) is 6.07 Å². The highest BCUT2D eigenvalue weighted by molar-refractivity contribution is 5.78. The Labute approximate surface area is 79.7 Å². The zero-order chi connectivity index (χ0) is 10.7. The van der Waals surface area contributed by atoms with Crippen molar-refractivity contribution in [3.8, 4) is 5.88 Å². The number of carbonyl (C=O) groups excluding carboxylic acids is 1. The maximum absolute atomic E-state index is 12.4. The molecule has 0 saturated heterocycles. The van der Waals surface area contributed by atoms with Crippen LogP contribution in [-0.4, -0.2) is 18.4 Å². The molecule has 0 amide bonds. The van der Waals surface area contributed by atoms with E-state index in [0.717, 1.165) is 6.07 Å². The maximum atomic E-state index is 12.4. The van der Waals surface area contributed by atoms with Crippen LogP contribution in [0.3, 0.4) is 0 Å².